The molecule has 2 rings (SSSR count). The van der Waals surface area contributed by atoms with Crippen LogP contribution in [0.25, 0.3) is 10.9 Å². The van der Waals surface area contributed by atoms with Crippen LogP contribution in [0.2, 0.25) is 0 Å². The maximum Gasteiger partial charge on any atom is 0.258 e. The second-order valence-corrected chi connectivity index (χ2v) is 5.05. The average molecular weight is 232 g/mol. The van der Waals surface area contributed by atoms with E-state index >= 15 is 0 Å². The van der Waals surface area contributed by atoms with Crippen LogP contribution < -0.4 is 10.3 Å². The van der Waals surface area contributed by atoms with Crippen molar-refractivity contribution in [2.24, 2.45) is 0 Å². The highest BCUT2D eigenvalue weighted by Gasteiger charge is 2.18. The fraction of sp³-hybridized carbons (Fsp3) is 0.385. The van der Waals surface area contributed by atoms with Gasteiger partial charge >= 0.3 is 0 Å². The van der Waals surface area contributed by atoms with Gasteiger partial charge in [-0.15, -0.1) is 0 Å². The van der Waals surface area contributed by atoms with E-state index < -0.39 is 0 Å². The Morgan fingerprint density at radius 1 is 1.29 bits per heavy atom. The summed E-state index contributed by atoms with van der Waals surface area (Å²) in [4.78, 5) is 19.2. The molecule has 17 heavy (non-hydrogen) atoms. The van der Waals surface area contributed by atoms with Gasteiger partial charge in [0.2, 0.25) is 0 Å². The Kier molecular flexibility index (Phi) is 2.65. The molecule has 0 fully saturated rings. The van der Waals surface area contributed by atoms with Crippen molar-refractivity contribution in [1.82, 2.24) is 9.97 Å². The molecule has 0 radical (unpaired) electrons. The topological polar surface area (TPSA) is 55.0 Å². The second kappa shape index (κ2) is 3.87. The third kappa shape index (κ3) is 2.16. The normalized spacial score (nSPS) is 11.8. The van der Waals surface area contributed by atoms with E-state index in [1.54, 1.807) is 25.3 Å². The highest BCUT2D eigenvalue weighted by molar-refractivity contribution is 5.79. The zero-order valence-electron chi connectivity index (χ0n) is 10.5. The van der Waals surface area contributed by atoms with Crippen molar-refractivity contribution in [1.29, 1.82) is 0 Å². The van der Waals surface area contributed by atoms with Gasteiger partial charge in [0.1, 0.15) is 11.6 Å². The zero-order valence-corrected chi connectivity index (χ0v) is 10.5. The van der Waals surface area contributed by atoms with Crippen LogP contribution in [0.15, 0.2) is 23.0 Å². The maximum absolute atomic E-state index is 11.9. The van der Waals surface area contributed by atoms with Gasteiger partial charge in [0.15, 0.2) is 0 Å². The van der Waals surface area contributed by atoms with Gasteiger partial charge in [-0.3, -0.25) is 4.79 Å². The molecule has 4 nitrogen and oxygen atoms in total. The molecule has 0 spiro atoms. The van der Waals surface area contributed by atoms with E-state index in [0.717, 1.165) is 0 Å². The summed E-state index contributed by atoms with van der Waals surface area (Å²) in [6.07, 6.45) is 0. The molecule has 0 amide bonds. The predicted octanol–water partition coefficient (Wildman–Crippen LogP) is 2.23. The Morgan fingerprint density at radius 2 is 2.00 bits per heavy atom. The van der Waals surface area contributed by atoms with Gasteiger partial charge in [-0.25, -0.2) is 4.98 Å². The fourth-order valence-electron chi connectivity index (χ4n) is 1.60. The molecule has 1 aromatic heterocycles. The number of hydrogen-bond acceptors (Lipinski definition) is 3. The third-order valence-electron chi connectivity index (χ3n) is 2.62. The zero-order chi connectivity index (χ0) is 12.6. The van der Waals surface area contributed by atoms with E-state index in [4.69, 9.17) is 4.74 Å². The number of nitrogens with one attached hydrogen (secondary N) is 1. The van der Waals surface area contributed by atoms with Crippen molar-refractivity contribution in [3.05, 3.63) is 34.4 Å². The number of methoxy groups -OCH3 is 1. The number of H-pyrrole nitrogens is 1. The van der Waals surface area contributed by atoms with Crippen LogP contribution in [0.1, 0.15) is 26.6 Å². The quantitative estimate of drug-likeness (QED) is 0.820. The van der Waals surface area contributed by atoms with Crippen LogP contribution in [0.4, 0.5) is 0 Å². The third-order valence-corrected chi connectivity index (χ3v) is 2.62. The number of fused-ring (bicyclic) bond motifs is 1. The molecule has 0 aliphatic rings. The van der Waals surface area contributed by atoms with Crippen LogP contribution in [0.3, 0.4) is 0 Å². The molecule has 0 aliphatic carbocycles. The Morgan fingerprint density at radius 3 is 2.59 bits per heavy atom. The molecule has 2 aromatic rings. The van der Waals surface area contributed by atoms with Gasteiger partial charge < -0.3 is 9.72 Å². The molecule has 1 aromatic carbocycles. The van der Waals surface area contributed by atoms with Crippen molar-refractivity contribution < 1.29 is 4.74 Å². The molecule has 1 heterocycles. The number of nitrogens with zero attached hydrogens (tertiary/aromatic N) is 1. The first-order valence-corrected chi connectivity index (χ1v) is 5.50. The lowest BCUT2D eigenvalue weighted by atomic mass is 9.95. The van der Waals surface area contributed by atoms with Crippen LogP contribution >= 0.6 is 0 Å². The first-order valence-electron chi connectivity index (χ1n) is 5.50. The van der Waals surface area contributed by atoms with Crippen LogP contribution in [-0.2, 0) is 5.41 Å². The largest absolute Gasteiger partial charge is 0.497 e. The molecule has 0 atom stereocenters. The molecule has 0 aliphatic heterocycles. The number of benzene rings is 1. The molecular formula is C13H16N2O2. The summed E-state index contributed by atoms with van der Waals surface area (Å²) in [7, 11) is 1.60. The van der Waals surface area contributed by atoms with Crippen molar-refractivity contribution in [3.8, 4) is 5.75 Å². The van der Waals surface area contributed by atoms with Crippen molar-refractivity contribution in [2.75, 3.05) is 7.11 Å². The van der Waals surface area contributed by atoms with Crippen LogP contribution in [0.5, 0.6) is 5.75 Å². The minimum atomic E-state index is -0.184. The lowest BCUT2D eigenvalue weighted by Gasteiger charge is -2.17. The molecule has 4 heteroatoms. The van der Waals surface area contributed by atoms with E-state index in [1.165, 1.54) is 0 Å². The lowest BCUT2D eigenvalue weighted by Crippen LogP contribution is -2.22. The summed E-state index contributed by atoms with van der Waals surface area (Å²) in [6.45, 7) is 6.03. The van der Waals surface area contributed by atoms with Crippen molar-refractivity contribution in [3.63, 3.8) is 0 Å². The van der Waals surface area contributed by atoms with Crippen LogP contribution in [0, 0.1) is 0 Å². The summed E-state index contributed by atoms with van der Waals surface area (Å²) in [5.41, 5.74) is 0.372. The average Bonchev–Trinajstić information content (AvgIpc) is 2.27. The van der Waals surface area contributed by atoms with Crippen LogP contribution in [-0.4, -0.2) is 17.1 Å². The summed E-state index contributed by atoms with van der Waals surface area (Å²) >= 11 is 0. The van der Waals surface area contributed by atoms with Crippen molar-refractivity contribution in [2.45, 2.75) is 26.2 Å². The Balaban J connectivity index is 2.75. The molecule has 1 N–H and O–H groups in total. The first-order chi connectivity index (χ1) is 7.91. The molecule has 90 valence electrons. The highest BCUT2D eigenvalue weighted by Crippen LogP contribution is 2.21. The molecule has 0 bridgehead atoms. The summed E-state index contributed by atoms with van der Waals surface area (Å²) < 4.78 is 5.14. The minimum absolute atomic E-state index is 0.109. The van der Waals surface area contributed by atoms with E-state index in [-0.39, 0.29) is 11.0 Å². The lowest BCUT2D eigenvalue weighted by molar-refractivity contribution is 0.415. The predicted molar refractivity (Wildman–Crippen MR) is 67.6 cm³/mol. The molecule has 0 unspecified atom stereocenters. The monoisotopic (exact) mass is 232 g/mol. The first kappa shape index (κ1) is 11.6. The van der Waals surface area contributed by atoms with E-state index in [1.807, 2.05) is 20.8 Å². The van der Waals surface area contributed by atoms with Gasteiger partial charge in [-0.2, -0.15) is 0 Å². The SMILES string of the molecule is COc1ccc2c(=O)[nH]c(C(C)(C)C)nc2c1. The molecular weight excluding hydrogens is 216 g/mol. The Labute approximate surface area is 99.7 Å². The summed E-state index contributed by atoms with van der Waals surface area (Å²) in [6, 6.07) is 5.27. The van der Waals surface area contributed by atoms with E-state index in [2.05, 4.69) is 9.97 Å². The smallest absolute Gasteiger partial charge is 0.258 e. The number of hydrogen-bond donors (Lipinski definition) is 1. The van der Waals surface area contributed by atoms with Gasteiger partial charge in [0.05, 0.1) is 18.0 Å². The number of ether oxygens (including phenoxy) is 1. The minimum Gasteiger partial charge on any atom is -0.497 e. The number of rotatable bonds is 1. The van der Waals surface area contributed by atoms with Gasteiger partial charge in [-0.1, -0.05) is 20.8 Å². The Bertz CT molecular complexity index is 609. The van der Waals surface area contributed by atoms with Gasteiger partial charge in [0.25, 0.3) is 5.56 Å². The second-order valence-electron chi connectivity index (χ2n) is 5.05. The summed E-state index contributed by atoms with van der Waals surface area (Å²) in [5, 5.41) is 0.582. The standard InChI is InChI=1S/C13H16N2O2/c1-13(2,3)12-14-10-7-8(17-4)5-6-9(10)11(16)15-12/h5-7H,1-4H3,(H,14,15,16). The maximum atomic E-state index is 11.9. The number of aromatic amines is 1. The highest BCUT2D eigenvalue weighted by atomic mass is 16.5. The van der Waals surface area contributed by atoms with Crippen molar-refractivity contribution >= 4 is 10.9 Å². The Hall–Kier alpha value is -1.84. The van der Waals surface area contributed by atoms with Gasteiger partial charge in [0, 0.05) is 11.5 Å². The van der Waals surface area contributed by atoms with E-state index in [0.29, 0.717) is 22.5 Å². The molecule has 0 saturated carbocycles. The fourth-order valence-corrected chi connectivity index (χ4v) is 1.60. The molecule has 0 saturated heterocycles. The van der Waals surface area contributed by atoms with E-state index in [9.17, 15) is 4.79 Å². The van der Waals surface area contributed by atoms with Gasteiger partial charge in [-0.05, 0) is 12.1 Å². The number of aromatic nitrogens is 2. The summed E-state index contributed by atoms with van der Waals surface area (Å²) in [5.74, 6) is 1.39.